The molecule has 3 N–H and O–H groups in total. The Bertz CT molecular complexity index is 236. The van der Waals surface area contributed by atoms with Crippen molar-refractivity contribution in [3.05, 3.63) is 30.3 Å². The molecule has 0 amide bonds. The molecule has 0 spiro atoms. The summed E-state index contributed by atoms with van der Waals surface area (Å²) < 4.78 is 0. The fourth-order valence-electron chi connectivity index (χ4n) is 0.911. The van der Waals surface area contributed by atoms with Gasteiger partial charge in [-0.2, -0.15) is 0 Å². The highest BCUT2D eigenvalue weighted by Crippen LogP contribution is 2.05. The molecule has 64 valence electrons. The summed E-state index contributed by atoms with van der Waals surface area (Å²) in [7, 11) is 0. The van der Waals surface area contributed by atoms with Gasteiger partial charge in [0.15, 0.2) is 0 Å². The first-order valence-electron chi connectivity index (χ1n) is 3.83. The molecule has 0 fully saturated rings. The van der Waals surface area contributed by atoms with E-state index in [2.05, 4.69) is 5.32 Å². The lowest BCUT2D eigenvalue weighted by molar-refractivity contribution is -0.108. The average Bonchev–Trinajstić information content (AvgIpc) is 2.06. The van der Waals surface area contributed by atoms with Crippen molar-refractivity contribution < 1.29 is 4.79 Å². The standard InChI is InChI=1S/C9H12N2O/c10-9(6-7-12)11-8-4-2-1-3-5-8/h1-5,7,9,11H,6,10H2. The van der Waals surface area contributed by atoms with Gasteiger partial charge in [0.25, 0.3) is 0 Å². The van der Waals surface area contributed by atoms with Crippen molar-refractivity contribution in [2.45, 2.75) is 12.6 Å². The second kappa shape index (κ2) is 4.51. The van der Waals surface area contributed by atoms with Crippen LogP contribution in [0.3, 0.4) is 0 Å². The van der Waals surface area contributed by atoms with Gasteiger partial charge in [0.05, 0.1) is 6.17 Å². The maximum atomic E-state index is 10.1. The minimum Gasteiger partial charge on any atom is -0.370 e. The zero-order valence-corrected chi connectivity index (χ0v) is 6.73. The van der Waals surface area contributed by atoms with Crippen LogP contribution >= 0.6 is 0 Å². The summed E-state index contributed by atoms with van der Waals surface area (Å²) in [6.07, 6.45) is 0.847. The van der Waals surface area contributed by atoms with E-state index >= 15 is 0 Å². The maximum Gasteiger partial charge on any atom is 0.123 e. The molecule has 0 aliphatic rings. The number of benzene rings is 1. The lowest BCUT2D eigenvalue weighted by atomic mass is 10.3. The van der Waals surface area contributed by atoms with Gasteiger partial charge in [-0.1, -0.05) is 18.2 Å². The molecule has 0 aliphatic heterocycles. The second-order valence-corrected chi connectivity index (χ2v) is 2.52. The van der Waals surface area contributed by atoms with Crippen molar-refractivity contribution >= 4 is 12.0 Å². The van der Waals surface area contributed by atoms with Crippen molar-refractivity contribution in [1.29, 1.82) is 0 Å². The molecule has 3 heteroatoms. The van der Waals surface area contributed by atoms with E-state index in [1.165, 1.54) is 0 Å². The SMILES string of the molecule is NC(CC=O)Nc1ccccc1. The maximum absolute atomic E-state index is 10.1. The van der Waals surface area contributed by atoms with Crippen LogP contribution in [0.2, 0.25) is 0 Å². The Morgan fingerprint density at radius 2 is 2.08 bits per heavy atom. The Balaban J connectivity index is 2.46. The predicted molar refractivity (Wildman–Crippen MR) is 48.7 cm³/mol. The number of hydrogen-bond acceptors (Lipinski definition) is 3. The van der Waals surface area contributed by atoms with Gasteiger partial charge in [0, 0.05) is 12.1 Å². The van der Waals surface area contributed by atoms with Crippen LogP contribution in [0.5, 0.6) is 0 Å². The third-order valence-corrected chi connectivity index (χ3v) is 1.48. The number of para-hydroxylation sites is 1. The Morgan fingerprint density at radius 1 is 1.42 bits per heavy atom. The molecule has 0 saturated carbocycles. The molecule has 0 bridgehead atoms. The number of hydrogen-bond donors (Lipinski definition) is 2. The summed E-state index contributed by atoms with van der Waals surface area (Å²) in [5.74, 6) is 0. The van der Waals surface area contributed by atoms with E-state index in [1.807, 2.05) is 30.3 Å². The van der Waals surface area contributed by atoms with Crippen molar-refractivity contribution in [1.82, 2.24) is 0 Å². The van der Waals surface area contributed by atoms with Crippen molar-refractivity contribution in [3.63, 3.8) is 0 Å². The smallest absolute Gasteiger partial charge is 0.123 e. The zero-order valence-electron chi connectivity index (χ0n) is 6.73. The van der Waals surface area contributed by atoms with Gasteiger partial charge in [-0.25, -0.2) is 0 Å². The van der Waals surface area contributed by atoms with Gasteiger partial charge >= 0.3 is 0 Å². The Kier molecular flexibility index (Phi) is 3.29. The van der Waals surface area contributed by atoms with Crippen molar-refractivity contribution in [2.75, 3.05) is 5.32 Å². The predicted octanol–water partition coefficient (Wildman–Crippen LogP) is 0.972. The number of rotatable bonds is 4. The summed E-state index contributed by atoms with van der Waals surface area (Å²) >= 11 is 0. The highest BCUT2D eigenvalue weighted by molar-refractivity contribution is 5.52. The molecule has 3 nitrogen and oxygen atoms in total. The Hall–Kier alpha value is -1.35. The highest BCUT2D eigenvalue weighted by atomic mass is 16.1. The molecule has 0 aliphatic carbocycles. The van der Waals surface area contributed by atoms with Gasteiger partial charge in [0.2, 0.25) is 0 Å². The van der Waals surface area contributed by atoms with Gasteiger partial charge in [-0.15, -0.1) is 0 Å². The lowest BCUT2D eigenvalue weighted by Crippen LogP contribution is -2.29. The third-order valence-electron chi connectivity index (χ3n) is 1.48. The number of anilines is 1. The van der Waals surface area contributed by atoms with Crippen LogP contribution in [-0.4, -0.2) is 12.5 Å². The molecular weight excluding hydrogens is 152 g/mol. The minimum atomic E-state index is -0.287. The molecule has 1 aromatic rings. The average molecular weight is 164 g/mol. The van der Waals surface area contributed by atoms with Gasteiger partial charge in [-0.3, -0.25) is 0 Å². The van der Waals surface area contributed by atoms with Gasteiger partial charge < -0.3 is 15.8 Å². The molecule has 1 aromatic carbocycles. The molecule has 0 radical (unpaired) electrons. The zero-order chi connectivity index (χ0) is 8.81. The molecule has 1 rings (SSSR count). The van der Waals surface area contributed by atoms with Gasteiger partial charge in [0.1, 0.15) is 6.29 Å². The largest absolute Gasteiger partial charge is 0.370 e. The normalized spacial score (nSPS) is 12.1. The van der Waals surface area contributed by atoms with Crippen LogP contribution in [-0.2, 0) is 4.79 Å². The summed E-state index contributed by atoms with van der Waals surface area (Å²) in [6, 6.07) is 9.57. The van der Waals surface area contributed by atoms with Crippen LogP contribution in [0.1, 0.15) is 6.42 Å². The van der Waals surface area contributed by atoms with E-state index in [0.717, 1.165) is 12.0 Å². The number of nitrogens with one attached hydrogen (secondary N) is 1. The van der Waals surface area contributed by atoms with E-state index in [1.54, 1.807) is 0 Å². The number of aldehydes is 1. The lowest BCUT2D eigenvalue weighted by Gasteiger charge is -2.11. The Labute approximate surface area is 71.6 Å². The van der Waals surface area contributed by atoms with Crippen LogP contribution < -0.4 is 11.1 Å². The monoisotopic (exact) mass is 164 g/mol. The Morgan fingerprint density at radius 3 is 2.67 bits per heavy atom. The molecule has 12 heavy (non-hydrogen) atoms. The first-order valence-corrected chi connectivity index (χ1v) is 3.83. The van der Waals surface area contributed by atoms with E-state index in [0.29, 0.717) is 6.42 Å². The van der Waals surface area contributed by atoms with Crippen molar-refractivity contribution in [3.8, 4) is 0 Å². The fourth-order valence-corrected chi connectivity index (χ4v) is 0.911. The third kappa shape index (κ3) is 2.72. The molecule has 0 heterocycles. The molecular formula is C9H12N2O. The number of carbonyl (C=O) groups is 1. The summed E-state index contributed by atoms with van der Waals surface area (Å²) in [5, 5.41) is 2.99. The van der Waals surface area contributed by atoms with Gasteiger partial charge in [-0.05, 0) is 12.1 Å². The summed E-state index contributed by atoms with van der Waals surface area (Å²) in [4.78, 5) is 10.1. The van der Waals surface area contributed by atoms with Crippen LogP contribution in [0.25, 0.3) is 0 Å². The quantitative estimate of drug-likeness (QED) is 0.515. The van der Waals surface area contributed by atoms with Crippen LogP contribution in [0.15, 0.2) is 30.3 Å². The second-order valence-electron chi connectivity index (χ2n) is 2.52. The van der Waals surface area contributed by atoms with E-state index < -0.39 is 0 Å². The minimum absolute atomic E-state index is 0.287. The molecule has 1 atom stereocenters. The van der Waals surface area contributed by atoms with E-state index in [-0.39, 0.29) is 6.17 Å². The topological polar surface area (TPSA) is 55.1 Å². The highest BCUT2D eigenvalue weighted by Gasteiger charge is 1.98. The number of carbonyl (C=O) groups excluding carboxylic acids is 1. The molecule has 1 unspecified atom stereocenters. The van der Waals surface area contributed by atoms with Crippen molar-refractivity contribution in [2.24, 2.45) is 5.73 Å². The first kappa shape index (κ1) is 8.74. The number of nitrogens with two attached hydrogens (primary N) is 1. The molecule has 0 saturated heterocycles. The summed E-state index contributed by atoms with van der Waals surface area (Å²) in [5.41, 5.74) is 6.51. The first-order chi connectivity index (χ1) is 5.83. The summed E-state index contributed by atoms with van der Waals surface area (Å²) in [6.45, 7) is 0. The van der Waals surface area contributed by atoms with Crippen LogP contribution in [0.4, 0.5) is 5.69 Å². The van der Waals surface area contributed by atoms with E-state index in [4.69, 9.17) is 5.73 Å². The molecule has 0 aromatic heterocycles. The van der Waals surface area contributed by atoms with E-state index in [9.17, 15) is 4.79 Å². The van der Waals surface area contributed by atoms with Crippen LogP contribution in [0, 0.1) is 0 Å². The fraction of sp³-hybridized carbons (Fsp3) is 0.222.